The van der Waals surface area contributed by atoms with Gasteiger partial charge in [0.05, 0.1) is 7.11 Å². The van der Waals surface area contributed by atoms with Gasteiger partial charge in [-0.25, -0.2) is 0 Å². The molecule has 0 aromatic heterocycles. The molecule has 30 heavy (non-hydrogen) atoms. The van der Waals surface area contributed by atoms with Gasteiger partial charge in [0.15, 0.2) is 0 Å². The van der Waals surface area contributed by atoms with Gasteiger partial charge >= 0.3 is 0 Å². The van der Waals surface area contributed by atoms with Gasteiger partial charge in [-0.05, 0) is 30.5 Å². The average Bonchev–Trinajstić information content (AvgIpc) is 2.76. The number of ether oxygens (including phenoxy) is 1. The molecule has 2 fully saturated rings. The van der Waals surface area contributed by atoms with Gasteiger partial charge in [0, 0.05) is 43.2 Å². The summed E-state index contributed by atoms with van der Waals surface area (Å²) in [6, 6.07) is 17.4. The maximum Gasteiger partial charge on any atom is 0.254 e. The third-order valence-corrected chi connectivity index (χ3v) is 6.09. The second-order valence-electron chi connectivity index (χ2n) is 7.91. The Bertz CT molecular complexity index is 926. The fraction of sp³-hybridized carbons (Fsp3) is 0.360. The Balaban J connectivity index is 1.55. The largest absolute Gasteiger partial charge is 0.496 e. The Morgan fingerprint density at radius 2 is 1.53 bits per heavy atom. The van der Waals surface area contributed by atoms with Crippen LogP contribution in [0.4, 0.5) is 0 Å². The van der Waals surface area contributed by atoms with Crippen LogP contribution in [0.25, 0.3) is 11.6 Å². The predicted octanol–water partition coefficient (Wildman–Crippen LogP) is 3.71. The van der Waals surface area contributed by atoms with Crippen LogP contribution in [0.1, 0.15) is 30.4 Å². The van der Waals surface area contributed by atoms with Crippen LogP contribution in [0, 0.1) is 5.92 Å². The Morgan fingerprint density at radius 1 is 0.900 bits per heavy atom. The zero-order valence-electron chi connectivity index (χ0n) is 17.4. The number of para-hydroxylation sites is 1. The lowest BCUT2D eigenvalue weighted by Crippen LogP contribution is -2.52. The number of methoxy groups -OCH3 is 1. The van der Waals surface area contributed by atoms with Crippen LogP contribution in [0.5, 0.6) is 5.75 Å². The SMILES string of the molecule is COc1ccccc1/C=C(/C(=O)N1CCN(C(=O)C2CCC2)CC1)c1ccccc1. The minimum atomic E-state index is -0.0113. The van der Waals surface area contributed by atoms with Gasteiger partial charge in [-0.1, -0.05) is 55.0 Å². The molecule has 1 heterocycles. The molecule has 2 amide bonds. The summed E-state index contributed by atoms with van der Waals surface area (Å²) in [6.45, 7) is 2.34. The molecule has 0 N–H and O–H groups in total. The first-order valence-corrected chi connectivity index (χ1v) is 10.7. The van der Waals surface area contributed by atoms with Crippen molar-refractivity contribution in [2.24, 2.45) is 5.92 Å². The lowest BCUT2D eigenvalue weighted by Gasteiger charge is -2.38. The van der Waals surface area contributed by atoms with Gasteiger partial charge in [-0.2, -0.15) is 0 Å². The first kappa shape index (κ1) is 20.2. The Kier molecular flexibility index (Phi) is 6.17. The molecule has 0 unspecified atom stereocenters. The van der Waals surface area contributed by atoms with E-state index in [1.54, 1.807) is 7.11 Å². The number of carbonyl (C=O) groups is 2. The van der Waals surface area contributed by atoms with E-state index < -0.39 is 0 Å². The van der Waals surface area contributed by atoms with E-state index in [0.29, 0.717) is 31.8 Å². The van der Waals surface area contributed by atoms with E-state index in [-0.39, 0.29) is 17.7 Å². The number of nitrogens with zero attached hydrogens (tertiary/aromatic N) is 2. The molecule has 1 aliphatic carbocycles. The van der Waals surface area contributed by atoms with Gasteiger partial charge in [0.2, 0.25) is 5.91 Å². The summed E-state index contributed by atoms with van der Waals surface area (Å²) in [7, 11) is 1.63. The molecule has 0 atom stereocenters. The third-order valence-electron chi connectivity index (χ3n) is 6.09. The molecule has 1 saturated heterocycles. The lowest BCUT2D eigenvalue weighted by molar-refractivity contribution is -0.142. The molecule has 156 valence electrons. The molecule has 2 aromatic rings. The van der Waals surface area contributed by atoms with E-state index >= 15 is 0 Å². The summed E-state index contributed by atoms with van der Waals surface area (Å²) in [5.74, 6) is 1.19. The second kappa shape index (κ2) is 9.16. The maximum absolute atomic E-state index is 13.5. The summed E-state index contributed by atoms with van der Waals surface area (Å²) in [5.41, 5.74) is 2.38. The van der Waals surface area contributed by atoms with Crippen LogP contribution in [0.2, 0.25) is 0 Å². The van der Waals surface area contributed by atoms with Crippen LogP contribution >= 0.6 is 0 Å². The van der Waals surface area contributed by atoms with E-state index in [1.807, 2.05) is 70.5 Å². The van der Waals surface area contributed by atoms with Crippen LogP contribution in [0.15, 0.2) is 54.6 Å². The van der Waals surface area contributed by atoms with Crippen molar-refractivity contribution in [2.45, 2.75) is 19.3 Å². The molecule has 0 bridgehead atoms. The zero-order chi connectivity index (χ0) is 20.9. The highest BCUT2D eigenvalue weighted by Gasteiger charge is 2.32. The molecule has 2 aliphatic rings. The van der Waals surface area contributed by atoms with Crippen molar-refractivity contribution in [2.75, 3.05) is 33.3 Å². The van der Waals surface area contributed by atoms with Crippen LogP contribution in [-0.2, 0) is 9.59 Å². The van der Waals surface area contributed by atoms with Crippen molar-refractivity contribution >= 4 is 23.5 Å². The van der Waals surface area contributed by atoms with E-state index in [4.69, 9.17) is 4.74 Å². The van der Waals surface area contributed by atoms with Crippen LogP contribution in [-0.4, -0.2) is 54.9 Å². The highest BCUT2D eigenvalue weighted by atomic mass is 16.5. The number of carbonyl (C=O) groups excluding carboxylic acids is 2. The fourth-order valence-electron chi connectivity index (χ4n) is 4.04. The minimum Gasteiger partial charge on any atom is -0.496 e. The third kappa shape index (κ3) is 4.25. The Labute approximate surface area is 177 Å². The number of hydrogen-bond acceptors (Lipinski definition) is 3. The van der Waals surface area contributed by atoms with Crippen molar-refractivity contribution in [1.82, 2.24) is 9.80 Å². The predicted molar refractivity (Wildman–Crippen MR) is 118 cm³/mol. The van der Waals surface area contributed by atoms with Crippen molar-refractivity contribution < 1.29 is 14.3 Å². The average molecular weight is 405 g/mol. The van der Waals surface area contributed by atoms with Crippen molar-refractivity contribution in [3.8, 4) is 5.75 Å². The maximum atomic E-state index is 13.5. The number of amides is 2. The van der Waals surface area contributed by atoms with Gasteiger partial charge in [0.1, 0.15) is 5.75 Å². The van der Waals surface area contributed by atoms with Crippen molar-refractivity contribution in [1.29, 1.82) is 0 Å². The molecule has 1 saturated carbocycles. The standard InChI is InChI=1S/C25H28N2O3/c1-30-23-13-6-5-10-21(23)18-22(19-8-3-2-4-9-19)25(29)27-16-14-26(15-17-27)24(28)20-11-7-12-20/h2-6,8-10,13,18,20H,7,11-12,14-17H2,1H3/b22-18+. The monoisotopic (exact) mass is 404 g/mol. The zero-order valence-corrected chi connectivity index (χ0v) is 17.4. The van der Waals surface area contributed by atoms with Crippen LogP contribution in [0.3, 0.4) is 0 Å². The molecule has 4 rings (SSSR count). The Morgan fingerprint density at radius 3 is 2.17 bits per heavy atom. The molecule has 1 aliphatic heterocycles. The number of hydrogen-bond donors (Lipinski definition) is 0. The van der Waals surface area contributed by atoms with E-state index in [9.17, 15) is 9.59 Å². The highest BCUT2D eigenvalue weighted by molar-refractivity contribution is 6.24. The van der Waals surface area contributed by atoms with E-state index in [0.717, 1.165) is 36.1 Å². The lowest BCUT2D eigenvalue weighted by atomic mass is 9.84. The normalized spacial score (nSPS) is 17.4. The Hall–Kier alpha value is -3.08. The molecular formula is C25H28N2O3. The fourth-order valence-corrected chi connectivity index (χ4v) is 4.04. The van der Waals surface area contributed by atoms with Crippen molar-refractivity contribution in [3.05, 3.63) is 65.7 Å². The molecule has 0 spiro atoms. The summed E-state index contributed by atoms with van der Waals surface area (Å²) in [6.07, 6.45) is 5.08. The summed E-state index contributed by atoms with van der Waals surface area (Å²) < 4.78 is 5.47. The first-order valence-electron chi connectivity index (χ1n) is 10.7. The number of piperazine rings is 1. The molecular weight excluding hydrogens is 376 g/mol. The van der Waals surface area contributed by atoms with Gasteiger partial charge < -0.3 is 14.5 Å². The quantitative estimate of drug-likeness (QED) is 0.564. The van der Waals surface area contributed by atoms with Crippen LogP contribution < -0.4 is 4.74 Å². The van der Waals surface area contributed by atoms with Gasteiger partial charge in [0.25, 0.3) is 5.91 Å². The summed E-state index contributed by atoms with van der Waals surface area (Å²) in [5, 5.41) is 0. The molecule has 0 radical (unpaired) electrons. The van der Waals surface area contributed by atoms with Gasteiger partial charge in [-0.3, -0.25) is 9.59 Å². The van der Waals surface area contributed by atoms with E-state index in [1.165, 1.54) is 0 Å². The highest BCUT2D eigenvalue weighted by Crippen LogP contribution is 2.29. The minimum absolute atomic E-state index is 0.0113. The molecule has 2 aromatic carbocycles. The van der Waals surface area contributed by atoms with E-state index in [2.05, 4.69) is 0 Å². The molecule has 5 nitrogen and oxygen atoms in total. The smallest absolute Gasteiger partial charge is 0.254 e. The second-order valence-corrected chi connectivity index (χ2v) is 7.91. The summed E-state index contributed by atoms with van der Waals surface area (Å²) in [4.78, 5) is 29.8. The molecule has 5 heteroatoms. The van der Waals surface area contributed by atoms with Gasteiger partial charge in [-0.15, -0.1) is 0 Å². The first-order chi connectivity index (χ1) is 14.7. The van der Waals surface area contributed by atoms with Crippen molar-refractivity contribution in [3.63, 3.8) is 0 Å². The number of benzene rings is 2. The topological polar surface area (TPSA) is 49.9 Å². The number of rotatable bonds is 5. The summed E-state index contributed by atoms with van der Waals surface area (Å²) >= 11 is 0.